The number of benzene rings is 1. The van der Waals surface area contributed by atoms with Crippen LogP contribution in [-0.2, 0) is 16.1 Å². The van der Waals surface area contributed by atoms with E-state index in [0.717, 1.165) is 0 Å². The van der Waals surface area contributed by atoms with Gasteiger partial charge in [-0.25, -0.2) is 4.39 Å². The van der Waals surface area contributed by atoms with E-state index in [-0.39, 0.29) is 19.5 Å². The Bertz CT molecular complexity index is 635. The highest BCUT2D eigenvalue weighted by Gasteiger charge is 2.80. The Morgan fingerprint density at radius 2 is 1.86 bits per heavy atom. The molecule has 1 aromatic carbocycles. The summed E-state index contributed by atoms with van der Waals surface area (Å²) in [7, 11) is 1.43. The summed E-state index contributed by atoms with van der Waals surface area (Å²) in [5, 5.41) is 18.8. The number of hydrogen-bond acceptors (Lipinski definition) is 4. The third kappa shape index (κ3) is 1.89. The van der Waals surface area contributed by atoms with Crippen molar-refractivity contribution in [2.75, 3.05) is 20.2 Å². The monoisotopic (exact) mass is 309 g/mol. The molecule has 0 radical (unpaired) electrons. The molecule has 2 N–H and O–H groups in total. The minimum Gasteiger partial charge on any atom is -0.496 e. The highest BCUT2D eigenvalue weighted by Crippen LogP contribution is 2.68. The number of carboxylic acids is 2. The molecule has 1 aliphatic carbocycles. The number of fused-ring (bicyclic) bond motifs is 1. The van der Waals surface area contributed by atoms with Gasteiger partial charge >= 0.3 is 11.9 Å². The third-order valence-electron chi connectivity index (χ3n) is 4.84. The second-order valence-electron chi connectivity index (χ2n) is 6.05. The van der Waals surface area contributed by atoms with Gasteiger partial charge in [0.05, 0.1) is 17.9 Å². The maximum atomic E-state index is 13.2. The van der Waals surface area contributed by atoms with Crippen LogP contribution in [0.15, 0.2) is 18.2 Å². The highest BCUT2D eigenvalue weighted by atomic mass is 19.1. The molecule has 0 unspecified atom stereocenters. The largest absolute Gasteiger partial charge is 0.496 e. The lowest BCUT2D eigenvalue weighted by molar-refractivity contribution is -0.151. The van der Waals surface area contributed by atoms with Gasteiger partial charge in [0.15, 0.2) is 0 Å². The molecule has 22 heavy (non-hydrogen) atoms. The quantitative estimate of drug-likeness (QED) is 0.850. The van der Waals surface area contributed by atoms with Crippen LogP contribution in [-0.4, -0.2) is 47.3 Å². The minimum atomic E-state index is -1.20. The molecular formula is C15H16FNO5. The van der Waals surface area contributed by atoms with Crippen molar-refractivity contribution in [2.45, 2.75) is 13.0 Å². The van der Waals surface area contributed by atoms with Crippen LogP contribution < -0.4 is 4.74 Å². The van der Waals surface area contributed by atoms with E-state index >= 15 is 0 Å². The summed E-state index contributed by atoms with van der Waals surface area (Å²) >= 11 is 0. The Hall–Kier alpha value is -2.15. The van der Waals surface area contributed by atoms with Crippen LogP contribution in [0.1, 0.15) is 12.0 Å². The lowest BCUT2D eigenvalue weighted by Gasteiger charge is -2.20. The summed E-state index contributed by atoms with van der Waals surface area (Å²) in [6, 6.07) is 4.12. The maximum Gasteiger partial charge on any atom is 0.312 e. The summed E-state index contributed by atoms with van der Waals surface area (Å²) in [6.45, 7) is 0.678. The van der Waals surface area contributed by atoms with Crippen molar-refractivity contribution in [3.05, 3.63) is 29.6 Å². The molecule has 1 aliphatic heterocycles. The number of methoxy groups -OCH3 is 1. The van der Waals surface area contributed by atoms with Crippen molar-refractivity contribution >= 4 is 11.9 Å². The molecule has 2 aliphatic rings. The molecule has 1 saturated heterocycles. The number of likely N-dealkylation sites (tertiary alicyclic amines) is 1. The molecule has 1 heterocycles. The van der Waals surface area contributed by atoms with E-state index in [4.69, 9.17) is 4.74 Å². The van der Waals surface area contributed by atoms with E-state index in [2.05, 4.69) is 0 Å². The normalized spacial score (nSPS) is 29.9. The average Bonchev–Trinajstić information content (AvgIpc) is 3.01. The second kappa shape index (κ2) is 4.67. The number of hydrogen-bond donors (Lipinski definition) is 2. The molecule has 2 fully saturated rings. The van der Waals surface area contributed by atoms with Crippen LogP contribution in [0, 0.1) is 16.6 Å². The zero-order valence-electron chi connectivity index (χ0n) is 12.0. The van der Waals surface area contributed by atoms with E-state index in [1.165, 1.54) is 19.2 Å². The number of carboxylic acid groups (broad SMARTS) is 2. The minimum absolute atomic E-state index is 0.168. The summed E-state index contributed by atoms with van der Waals surface area (Å²) in [5.74, 6) is -2.19. The van der Waals surface area contributed by atoms with Crippen LogP contribution in [0.25, 0.3) is 0 Å². The Kier molecular flexibility index (Phi) is 3.14. The van der Waals surface area contributed by atoms with Crippen molar-refractivity contribution in [1.82, 2.24) is 4.90 Å². The van der Waals surface area contributed by atoms with Crippen molar-refractivity contribution in [3.63, 3.8) is 0 Å². The molecule has 2 atom stereocenters. The summed E-state index contributed by atoms with van der Waals surface area (Å²) in [4.78, 5) is 24.7. The van der Waals surface area contributed by atoms with Gasteiger partial charge in [0, 0.05) is 31.3 Å². The molecule has 0 spiro atoms. The number of halogens is 1. The van der Waals surface area contributed by atoms with Crippen molar-refractivity contribution in [3.8, 4) is 5.75 Å². The lowest BCUT2D eigenvalue weighted by atomic mass is 9.97. The molecule has 1 aromatic rings. The first-order valence-corrected chi connectivity index (χ1v) is 6.86. The van der Waals surface area contributed by atoms with Gasteiger partial charge in [0.1, 0.15) is 11.6 Å². The first-order valence-electron chi connectivity index (χ1n) is 6.86. The molecule has 118 valence electrons. The number of piperidine rings is 1. The number of ether oxygens (including phenoxy) is 1. The summed E-state index contributed by atoms with van der Waals surface area (Å²) in [6.07, 6.45) is 0.168. The van der Waals surface area contributed by atoms with Crippen LogP contribution in [0.3, 0.4) is 0 Å². The third-order valence-corrected chi connectivity index (χ3v) is 4.84. The summed E-state index contributed by atoms with van der Waals surface area (Å²) in [5.41, 5.74) is -1.70. The zero-order valence-corrected chi connectivity index (χ0v) is 12.0. The molecule has 0 bridgehead atoms. The first kappa shape index (κ1) is 14.8. The second-order valence-corrected chi connectivity index (χ2v) is 6.05. The predicted octanol–water partition coefficient (Wildman–Crippen LogP) is 1.20. The van der Waals surface area contributed by atoms with Gasteiger partial charge in [-0.05, 0) is 12.5 Å². The number of rotatable bonds is 5. The molecule has 0 aromatic heterocycles. The Labute approximate surface area is 126 Å². The van der Waals surface area contributed by atoms with Gasteiger partial charge in [-0.3, -0.25) is 14.5 Å². The van der Waals surface area contributed by atoms with Crippen LogP contribution >= 0.6 is 0 Å². The average molecular weight is 309 g/mol. The van der Waals surface area contributed by atoms with Crippen LogP contribution in [0.5, 0.6) is 5.75 Å². The molecule has 7 heteroatoms. The summed E-state index contributed by atoms with van der Waals surface area (Å²) < 4.78 is 18.3. The Morgan fingerprint density at radius 3 is 2.36 bits per heavy atom. The fourth-order valence-corrected chi connectivity index (χ4v) is 3.60. The van der Waals surface area contributed by atoms with E-state index in [1.54, 1.807) is 11.0 Å². The van der Waals surface area contributed by atoms with Gasteiger partial charge < -0.3 is 14.9 Å². The standard InChI is InChI=1S/C15H16FNO5/c1-22-11-4-10(16)3-2-9(11)5-17-7-14(12(18)19)6-15(14,8-17)13(20)21/h2-4H,5-8H2,1H3,(H,18,19)(H,20,21)/t14-,15+. The molecular weight excluding hydrogens is 293 g/mol. The van der Waals surface area contributed by atoms with Crippen molar-refractivity contribution in [2.24, 2.45) is 10.8 Å². The number of carbonyl (C=O) groups is 2. The predicted molar refractivity (Wildman–Crippen MR) is 73.0 cm³/mol. The van der Waals surface area contributed by atoms with Crippen LogP contribution in [0.2, 0.25) is 0 Å². The molecule has 6 nitrogen and oxygen atoms in total. The van der Waals surface area contributed by atoms with Crippen molar-refractivity contribution < 1.29 is 28.9 Å². The van der Waals surface area contributed by atoms with Gasteiger partial charge in [-0.1, -0.05) is 6.07 Å². The topological polar surface area (TPSA) is 87.1 Å². The number of nitrogens with zero attached hydrogens (tertiary/aromatic N) is 1. The smallest absolute Gasteiger partial charge is 0.312 e. The van der Waals surface area contributed by atoms with Gasteiger partial charge in [-0.2, -0.15) is 0 Å². The van der Waals surface area contributed by atoms with E-state index < -0.39 is 28.6 Å². The van der Waals surface area contributed by atoms with E-state index in [9.17, 15) is 24.2 Å². The molecule has 0 amide bonds. The Balaban J connectivity index is 1.82. The Morgan fingerprint density at radius 1 is 1.27 bits per heavy atom. The number of aliphatic carboxylic acids is 2. The van der Waals surface area contributed by atoms with Gasteiger partial charge in [-0.15, -0.1) is 0 Å². The first-order chi connectivity index (χ1) is 10.3. The SMILES string of the molecule is COc1cc(F)ccc1CN1C[C@@]2(C(=O)O)C[C@@]2(C(=O)O)C1. The van der Waals surface area contributed by atoms with Gasteiger partial charge in [0.25, 0.3) is 0 Å². The van der Waals surface area contributed by atoms with Gasteiger partial charge in [0.2, 0.25) is 0 Å². The van der Waals surface area contributed by atoms with Crippen molar-refractivity contribution in [1.29, 1.82) is 0 Å². The van der Waals surface area contributed by atoms with E-state index in [0.29, 0.717) is 17.9 Å². The maximum absolute atomic E-state index is 13.2. The fraction of sp³-hybridized carbons (Fsp3) is 0.467. The molecule has 3 rings (SSSR count). The van der Waals surface area contributed by atoms with Crippen LogP contribution in [0.4, 0.5) is 4.39 Å². The zero-order chi connectivity index (χ0) is 16.1. The lowest BCUT2D eigenvalue weighted by Crippen LogP contribution is -2.28. The molecule has 1 saturated carbocycles. The van der Waals surface area contributed by atoms with E-state index in [1.807, 2.05) is 0 Å². The fourth-order valence-electron chi connectivity index (χ4n) is 3.60. The highest BCUT2D eigenvalue weighted by molar-refractivity contribution is 5.94.